The number of rotatable bonds is 2. The zero-order valence-electron chi connectivity index (χ0n) is 7.64. The van der Waals surface area contributed by atoms with Crippen LogP contribution in [0.25, 0.3) is 0 Å². The van der Waals surface area contributed by atoms with E-state index in [2.05, 4.69) is 13.8 Å². The average Bonchev–Trinajstić information content (AvgIpc) is 1.99. The molecular formula is C10H12Cl2O. The molecule has 3 heteroatoms. The normalized spacial score (nSPS) is 10.8. The molecule has 0 aromatic heterocycles. The fourth-order valence-electron chi connectivity index (χ4n) is 1.17. The van der Waals surface area contributed by atoms with E-state index in [1.54, 1.807) is 6.07 Å². The van der Waals surface area contributed by atoms with Gasteiger partial charge in [0.2, 0.25) is 0 Å². The van der Waals surface area contributed by atoms with Crippen molar-refractivity contribution in [1.82, 2.24) is 0 Å². The Morgan fingerprint density at radius 3 is 2.38 bits per heavy atom. The number of benzene rings is 1. The van der Waals surface area contributed by atoms with Gasteiger partial charge in [0.1, 0.15) is 5.75 Å². The van der Waals surface area contributed by atoms with E-state index in [1.807, 2.05) is 0 Å². The third-order valence-electron chi connectivity index (χ3n) is 1.74. The first-order valence-corrected chi connectivity index (χ1v) is 4.93. The fourth-order valence-corrected chi connectivity index (χ4v) is 1.60. The molecule has 0 heterocycles. The van der Waals surface area contributed by atoms with Crippen LogP contribution < -0.4 is 0 Å². The summed E-state index contributed by atoms with van der Waals surface area (Å²) in [5, 5.41) is 10.2. The lowest BCUT2D eigenvalue weighted by molar-refractivity contribution is 0.475. The van der Waals surface area contributed by atoms with Crippen LogP contribution >= 0.6 is 23.2 Å². The van der Waals surface area contributed by atoms with E-state index in [1.165, 1.54) is 6.07 Å². The summed E-state index contributed by atoms with van der Waals surface area (Å²) >= 11 is 11.7. The van der Waals surface area contributed by atoms with Crippen molar-refractivity contribution in [3.63, 3.8) is 0 Å². The largest absolute Gasteiger partial charge is 0.506 e. The van der Waals surface area contributed by atoms with Crippen molar-refractivity contribution in [1.29, 1.82) is 0 Å². The van der Waals surface area contributed by atoms with E-state index in [4.69, 9.17) is 23.2 Å². The Morgan fingerprint density at radius 2 is 1.85 bits per heavy atom. The maximum Gasteiger partial charge on any atom is 0.135 e. The SMILES string of the molecule is CC(C)Cc1cc(Cl)c(O)cc1Cl. The molecule has 72 valence electrons. The molecule has 1 rings (SSSR count). The van der Waals surface area contributed by atoms with Crippen LogP contribution in [0.4, 0.5) is 0 Å². The molecule has 13 heavy (non-hydrogen) atoms. The van der Waals surface area contributed by atoms with Crippen molar-refractivity contribution >= 4 is 23.2 Å². The van der Waals surface area contributed by atoms with Crippen molar-refractivity contribution in [2.75, 3.05) is 0 Å². The van der Waals surface area contributed by atoms with Gasteiger partial charge in [-0.3, -0.25) is 0 Å². The van der Waals surface area contributed by atoms with Crippen molar-refractivity contribution in [3.05, 3.63) is 27.7 Å². The summed E-state index contributed by atoms with van der Waals surface area (Å²) in [4.78, 5) is 0. The van der Waals surface area contributed by atoms with Gasteiger partial charge in [0, 0.05) is 11.1 Å². The zero-order valence-corrected chi connectivity index (χ0v) is 9.15. The number of hydrogen-bond donors (Lipinski definition) is 1. The maximum atomic E-state index is 9.24. The van der Waals surface area contributed by atoms with Crippen LogP contribution in [0.3, 0.4) is 0 Å². The smallest absolute Gasteiger partial charge is 0.135 e. The molecule has 1 aromatic carbocycles. The first-order valence-electron chi connectivity index (χ1n) is 4.17. The summed E-state index contributed by atoms with van der Waals surface area (Å²) in [5.74, 6) is 0.567. The van der Waals surface area contributed by atoms with Crippen LogP contribution in [0, 0.1) is 5.92 Å². The van der Waals surface area contributed by atoms with Crippen LogP contribution in [0.5, 0.6) is 5.75 Å². The van der Waals surface area contributed by atoms with Crippen LogP contribution in [-0.4, -0.2) is 5.11 Å². The topological polar surface area (TPSA) is 20.2 Å². The van der Waals surface area contributed by atoms with E-state index in [9.17, 15) is 5.11 Å². The lowest BCUT2D eigenvalue weighted by Crippen LogP contribution is -1.94. The highest BCUT2D eigenvalue weighted by atomic mass is 35.5. The lowest BCUT2D eigenvalue weighted by Gasteiger charge is -2.08. The molecule has 1 nitrogen and oxygen atoms in total. The molecule has 0 spiro atoms. The second kappa shape index (κ2) is 4.21. The standard InChI is InChI=1S/C10H12Cl2O/c1-6(2)3-7-4-9(12)10(13)5-8(7)11/h4-6,13H,3H2,1-2H3. The van der Waals surface area contributed by atoms with Crippen LogP contribution in [0.15, 0.2) is 12.1 Å². The summed E-state index contributed by atoms with van der Waals surface area (Å²) in [5.41, 5.74) is 0.986. The van der Waals surface area contributed by atoms with Crippen LogP contribution in [0.2, 0.25) is 10.0 Å². The maximum absolute atomic E-state index is 9.24. The Morgan fingerprint density at radius 1 is 1.23 bits per heavy atom. The van der Waals surface area contributed by atoms with Gasteiger partial charge in [-0.2, -0.15) is 0 Å². The summed E-state index contributed by atoms with van der Waals surface area (Å²) in [7, 11) is 0. The molecule has 0 aliphatic heterocycles. The second-order valence-electron chi connectivity index (χ2n) is 3.49. The highest BCUT2D eigenvalue weighted by Crippen LogP contribution is 2.31. The van der Waals surface area contributed by atoms with Gasteiger partial charge in [-0.05, 0) is 24.0 Å². The molecular weight excluding hydrogens is 207 g/mol. The Hall–Kier alpha value is -0.400. The average molecular weight is 219 g/mol. The quantitative estimate of drug-likeness (QED) is 0.799. The van der Waals surface area contributed by atoms with E-state index < -0.39 is 0 Å². The molecule has 0 atom stereocenters. The number of phenols is 1. The van der Waals surface area contributed by atoms with E-state index in [-0.39, 0.29) is 5.75 Å². The van der Waals surface area contributed by atoms with Crippen LogP contribution in [0.1, 0.15) is 19.4 Å². The van der Waals surface area contributed by atoms with E-state index >= 15 is 0 Å². The summed E-state index contributed by atoms with van der Waals surface area (Å²) in [6.45, 7) is 4.22. The zero-order chi connectivity index (χ0) is 10.0. The van der Waals surface area contributed by atoms with Crippen molar-refractivity contribution in [3.8, 4) is 5.75 Å². The van der Waals surface area contributed by atoms with Crippen LogP contribution in [-0.2, 0) is 6.42 Å². The molecule has 0 bridgehead atoms. The van der Waals surface area contributed by atoms with Gasteiger partial charge in [-0.15, -0.1) is 0 Å². The van der Waals surface area contributed by atoms with Gasteiger partial charge in [0.25, 0.3) is 0 Å². The number of phenolic OH excluding ortho intramolecular Hbond substituents is 1. The minimum atomic E-state index is 0.0409. The van der Waals surface area contributed by atoms with Crippen molar-refractivity contribution in [2.45, 2.75) is 20.3 Å². The predicted octanol–water partition coefficient (Wildman–Crippen LogP) is 3.90. The first-order chi connectivity index (χ1) is 6.00. The Kier molecular flexibility index (Phi) is 3.46. The highest BCUT2D eigenvalue weighted by molar-refractivity contribution is 6.34. The molecule has 0 aliphatic rings. The molecule has 0 aliphatic carbocycles. The lowest BCUT2D eigenvalue weighted by atomic mass is 10.0. The molecule has 0 saturated heterocycles. The van der Waals surface area contributed by atoms with Gasteiger partial charge in [0.15, 0.2) is 0 Å². The number of aromatic hydroxyl groups is 1. The van der Waals surface area contributed by atoms with E-state index in [0.29, 0.717) is 16.0 Å². The molecule has 1 aromatic rings. The fraction of sp³-hybridized carbons (Fsp3) is 0.400. The van der Waals surface area contributed by atoms with Gasteiger partial charge in [-0.1, -0.05) is 37.0 Å². The highest BCUT2D eigenvalue weighted by Gasteiger charge is 2.07. The molecule has 0 saturated carbocycles. The summed E-state index contributed by atoms with van der Waals surface area (Å²) in [6, 6.07) is 3.21. The molecule has 0 amide bonds. The minimum Gasteiger partial charge on any atom is -0.506 e. The number of halogens is 2. The van der Waals surface area contributed by atoms with Crippen molar-refractivity contribution < 1.29 is 5.11 Å². The Balaban J connectivity index is 3.01. The summed E-state index contributed by atoms with van der Waals surface area (Å²) < 4.78 is 0. The van der Waals surface area contributed by atoms with E-state index in [0.717, 1.165) is 12.0 Å². The van der Waals surface area contributed by atoms with Gasteiger partial charge in [-0.25, -0.2) is 0 Å². The third kappa shape index (κ3) is 2.78. The van der Waals surface area contributed by atoms with Gasteiger partial charge < -0.3 is 5.11 Å². The minimum absolute atomic E-state index is 0.0409. The summed E-state index contributed by atoms with van der Waals surface area (Å²) in [6.07, 6.45) is 0.874. The second-order valence-corrected chi connectivity index (χ2v) is 4.31. The molecule has 0 radical (unpaired) electrons. The molecule has 1 N–H and O–H groups in total. The molecule has 0 fully saturated rings. The predicted molar refractivity (Wildman–Crippen MR) is 56.7 cm³/mol. The van der Waals surface area contributed by atoms with Gasteiger partial charge >= 0.3 is 0 Å². The Labute approximate surface area is 88.3 Å². The third-order valence-corrected chi connectivity index (χ3v) is 2.40. The Bertz CT molecular complexity index is 308. The molecule has 0 unspecified atom stereocenters. The number of hydrogen-bond acceptors (Lipinski definition) is 1. The monoisotopic (exact) mass is 218 g/mol. The van der Waals surface area contributed by atoms with Gasteiger partial charge in [0.05, 0.1) is 5.02 Å². The first kappa shape index (κ1) is 10.7. The van der Waals surface area contributed by atoms with Crippen molar-refractivity contribution in [2.24, 2.45) is 5.92 Å².